The normalized spacial score (nSPS) is 11.4. The third kappa shape index (κ3) is 3.67. The van der Waals surface area contributed by atoms with E-state index in [1.54, 1.807) is 22.4 Å². The van der Waals surface area contributed by atoms with Crippen molar-refractivity contribution in [2.24, 2.45) is 12.8 Å². The number of aromatic nitrogens is 1. The highest BCUT2D eigenvalue weighted by Gasteiger charge is 2.18. The van der Waals surface area contributed by atoms with Gasteiger partial charge in [-0.1, -0.05) is 17.7 Å². The Hall–Kier alpha value is -3.04. The summed E-state index contributed by atoms with van der Waals surface area (Å²) in [4.78, 5) is 23.3. The van der Waals surface area contributed by atoms with Crippen LogP contribution in [0.4, 0.5) is 10.5 Å². The number of nitrogens with two attached hydrogens (primary N) is 1. The summed E-state index contributed by atoms with van der Waals surface area (Å²) in [6, 6.07) is 9.62. The van der Waals surface area contributed by atoms with Gasteiger partial charge in [-0.3, -0.25) is 4.79 Å². The Morgan fingerprint density at radius 3 is 2.36 bits per heavy atom. The first-order valence-electron chi connectivity index (χ1n) is 8.08. The molecule has 10 heteroatoms. The molecule has 3 aromatic rings. The molecule has 0 fully saturated rings. The van der Waals surface area contributed by atoms with Gasteiger partial charge >= 0.3 is 6.03 Å². The molecule has 0 aliphatic carbocycles. The van der Waals surface area contributed by atoms with Gasteiger partial charge in [-0.15, -0.1) is 0 Å². The van der Waals surface area contributed by atoms with Crippen LogP contribution in [0.5, 0.6) is 0 Å². The maximum Gasteiger partial charge on any atom is 0.326 e. The summed E-state index contributed by atoms with van der Waals surface area (Å²) in [6.07, 6.45) is 0. The van der Waals surface area contributed by atoms with E-state index in [0.717, 1.165) is 16.5 Å². The SMILES string of the molecule is Cc1ccc2c(cc(C(=O)Nc3ccc(S(=O)(=O)NC(N)=O)cc3)n2C)c1Cl. The highest BCUT2D eigenvalue weighted by molar-refractivity contribution is 7.90. The van der Waals surface area contributed by atoms with Crippen LogP contribution >= 0.6 is 11.6 Å². The minimum Gasteiger partial charge on any atom is -0.351 e. The van der Waals surface area contributed by atoms with Gasteiger partial charge in [-0.05, 0) is 48.9 Å². The van der Waals surface area contributed by atoms with Crippen LogP contribution in [-0.2, 0) is 17.1 Å². The molecule has 4 N–H and O–H groups in total. The number of benzene rings is 2. The van der Waals surface area contributed by atoms with Crippen LogP contribution in [-0.4, -0.2) is 24.9 Å². The zero-order valence-electron chi connectivity index (χ0n) is 15.0. The van der Waals surface area contributed by atoms with Gasteiger partial charge in [0.15, 0.2) is 0 Å². The van der Waals surface area contributed by atoms with Gasteiger partial charge in [-0.25, -0.2) is 17.9 Å². The Morgan fingerprint density at radius 1 is 1.11 bits per heavy atom. The lowest BCUT2D eigenvalue weighted by atomic mass is 10.2. The quantitative estimate of drug-likeness (QED) is 0.600. The van der Waals surface area contributed by atoms with Gasteiger partial charge in [-0.2, -0.15) is 0 Å². The van der Waals surface area contributed by atoms with Gasteiger partial charge < -0.3 is 15.6 Å². The molecule has 3 amide bonds. The number of aryl methyl sites for hydroxylation is 2. The molecule has 0 aliphatic heterocycles. The summed E-state index contributed by atoms with van der Waals surface area (Å²) >= 11 is 6.33. The van der Waals surface area contributed by atoms with Crippen molar-refractivity contribution in [3.63, 3.8) is 0 Å². The predicted octanol–water partition coefficient (Wildman–Crippen LogP) is 2.75. The van der Waals surface area contributed by atoms with E-state index in [1.165, 1.54) is 24.3 Å². The van der Waals surface area contributed by atoms with Crippen molar-refractivity contribution in [1.29, 1.82) is 0 Å². The molecule has 0 unspecified atom stereocenters. The molecule has 28 heavy (non-hydrogen) atoms. The molecule has 2 aromatic carbocycles. The Morgan fingerprint density at radius 2 is 1.75 bits per heavy atom. The van der Waals surface area contributed by atoms with Gasteiger partial charge in [0.05, 0.1) is 9.92 Å². The molecule has 146 valence electrons. The topological polar surface area (TPSA) is 123 Å². The van der Waals surface area contributed by atoms with Gasteiger partial charge in [0.1, 0.15) is 5.69 Å². The molecule has 1 aromatic heterocycles. The molecule has 1 heterocycles. The van der Waals surface area contributed by atoms with Gasteiger partial charge in [0, 0.05) is 23.6 Å². The average molecular weight is 421 g/mol. The van der Waals surface area contributed by atoms with E-state index >= 15 is 0 Å². The molecule has 0 atom stereocenters. The van der Waals surface area contributed by atoms with E-state index in [9.17, 15) is 18.0 Å². The van der Waals surface area contributed by atoms with Crippen LogP contribution in [0, 0.1) is 6.92 Å². The number of nitrogens with one attached hydrogen (secondary N) is 2. The largest absolute Gasteiger partial charge is 0.351 e. The van der Waals surface area contributed by atoms with Gasteiger partial charge in [0.25, 0.3) is 15.9 Å². The zero-order chi connectivity index (χ0) is 20.6. The summed E-state index contributed by atoms with van der Waals surface area (Å²) in [5.74, 6) is -0.377. The fourth-order valence-electron chi connectivity index (χ4n) is 2.81. The second-order valence-corrected chi connectivity index (χ2v) is 8.23. The highest BCUT2D eigenvalue weighted by Crippen LogP contribution is 2.29. The van der Waals surface area contributed by atoms with Crippen molar-refractivity contribution in [1.82, 2.24) is 9.29 Å². The smallest absolute Gasteiger partial charge is 0.326 e. The van der Waals surface area contributed by atoms with E-state index < -0.39 is 16.1 Å². The van der Waals surface area contributed by atoms with Crippen LogP contribution in [0.15, 0.2) is 47.4 Å². The molecule has 3 rings (SSSR count). The van der Waals surface area contributed by atoms with Crippen LogP contribution in [0.2, 0.25) is 5.02 Å². The van der Waals surface area contributed by atoms with Crippen LogP contribution in [0.3, 0.4) is 0 Å². The third-order valence-electron chi connectivity index (χ3n) is 4.24. The van der Waals surface area contributed by atoms with Crippen molar-refractivity contribution < 1.29 is 18.0 Å². The Labute approximate surface area is 166 Å². The molecule has 0 radical (unpaired) electrons. The Balaban J connectivity index is 1.86. The first-order valence-corrected chi connectivity index (χ1v) is 9.94. The average Bonchev–Trinajstić information content (AvgIpc) is 2.95. The zero-order valence-corrected chi connectivity index (χ0v) is 16.6. The molecule has 0 bridgehead atoms. The number of hydrogen-bond acceptors (Lipinski definition) is 4. The number of anilines is 1. The van der Waals surface area contributed by atoms with Crippen molar-refractivity contribution in [3.8, 4) is 0 Å². The van der Waals surface area contributed by atoms with Gasteiger partial charge in [0.2, 0.25) is 0 Å². The molecule has 8 nitrogen and oxygen atoms in total. The number of urea groups is 1. The number of nitrogens with zero attached hydrogens (tertiary/aromatic N) is 1. The first-order chi connectivity index (χ1) is 13.1. The minimum absolute atomic E-state index is 0.156. The number of fused-ring (bicyclic) bond motifs is 1. The Kier molecular flexibility index (Phi) is 5.05. The van der Waals surface area contributed by atoms with Crippen LogP contribution in [0.1, 0.15) is 16.1 Å². The lowest BCUT2D eigenvalue weighted by Gasteiger charge is -2.08. The van der Waals surface area contributed by atoms with Crippen molar-refractivity contribution >= 4 is 50.2 Å². The maximum absolute atomic E-state index is 12.7. The fourth-order valence-corrected chi connectivity index (χ4v) is 3.90. The molecular formula is C18H17ClN4O4S. The van der Waals surface area contributed by atoms with Crippen molar-refractivity contribution in [2.45, 2.75) is 11.8 Å². The summed E-state index contributed by atoms with van der Waals surface area (Å²) in [6.45, 7) is 1.89. The van der Waals surface area contributed by atoms with E-state index in [2.05, 4.69) is 5.32 Å². The lowest BCUT2D eigenvalue weighted by Crippen LogP contribution is -2.34. The molecular weight excluding hydrogens is 404 g/mol. The molecule has 0 saturated heterocycles. The fraction of sp³-hybridized carbons (Fsp3) is 0.111. The summed E-state index contributed by atoms with van der Waals surface area (Å²) in [5.41, 5.74) is 7.36. The summed E-state index contributed by atoms with van der Waals surface area (Å²) < 4.78 is 27.2. The standard InChI is InChI=1S/C18H17ClN4O4S/c1-10-3-8-14-13(16(10)19)9-15(23(14)2)17(24)21-11-4-6-12(7-5-11)28(26,27)22-18(20)25/h3-9H,1-2H3,(H,21,24)(H3,20,22,25). The Bertz CT molecular complexity index is 1200. The number of hydrogen-bond donors (Lipinski definition) is 3. The van der Waals surface area contributed by atoms with E-state index in [-0.39, 0.29) is 10.8 Å². The second-order valence-electron chi connectivity index (χ2n) is 6.17. The lowest BCUT2D eigenvalue weighted by molar-refractivity contribution is 0.101. The highest BCUT2D eigenvalue weighted by atomic mass is 35.5. The van der Waals surface area contributed by atoms with Crippen LogP contribution < -0.4 is 15.8 Å². The number of halogens is 1. The number of carbonyl (C=O) groups is 2. The number of amides is 3. The number of primary amides is 1. The predicted molar refractivity (Wildman–Crippen MR) is 107 cm³/mol. The molecule has 0 spiro atoms. The molecule has 0 saturated carbocycles. The summed E-state index contributed by atoms with van der Waals surface area (Å²) in [5, 5.41) is 4.06. The minimum atomic E-state index is -4.05. The summed E-state index contributed by atoms with van der Waals surface area (Å²) in [7, 11) is -2.29. The van der Waals surface area contributed by atoms with E-state index in [1.807, 2.05) is 19.1 Å². The number of sulfonamides is 1. The molecule has 0 aliphatic rings. The number of carbonyl (C=O) groups excluding carboxylic acids is 2. The first kappa shape index (κ1) is 19.7. The van der Waals surface area contributed by atoms with Crippen molar-refractivity contribution in [2.75, 3.05) is 5.32 Å². The van der Waals surface area contributed by atoms with Crippen LogP contribution in [0.25, 0.3) is 10.9 Å². The number of rotatable bonds is 4. The van der Waals surface area contributed by atoms with Crippen molar-refractivity contribution in [3.05, 3.63) is 58.7 Å². The second kappa shape index (κ2) is 7.17. The van der Waals surface area contributed by atoms with E-state index in [4.69, 9.17) is 17.3 Å². The monoisotopic (exact) mass is 420 g/mol. The van der Waals surface area contributed by atoms with E-state index in [0.29, 0.717) is 16.4 Å². The maximum atomic E-state index is 12.7. The third-order valence-corrected chi connectivity index (χ3v) is 6.11.